The smallest absolute Gasteiger partial charge is 0.323 e. The number of aliphatic hydroxyl groups is 1. The van der Waals surface area contributed by atoms with Crippen LogP contribution in [-0.4, -0.2) is 52.0 Å². The van der Waals surface area contributed by atoms with Crippen LogP contribution in [0, 0.1) is 17.0 Å². The Balaban J connectivity index is 1.19. The first-order chi connectivity index (χ1) is 19.2. The maximum Gasteiger partial charge on any atom is 0.323 e. The highest BCUT2D eigenvalue weighted by atomic mass is 19.1. The van der Waals surface area contributed by atoms with Crippen molar-refractivity contribution in [2.45, 2.75) is 31.8 Å². The Kier molecular flexibility index (Phi) is 7.60. The quantitative estimate of drug-likeness (QED) is 0.320. The van der Waals surface area contributed by atoms with Crippen LogP contribution in [0.25, 0.3) is 0 Å². The fourth-order valence-corrected chi connectivity index (χ4v) is 4.31. The van der Waals surface area contributed by atoms with E-state index in [0.717, 1.165) is 6.07 Å². The molecule has 0 bridgehead atoms. The number of rotatable bonds is 7. The Morgan fingerprint density at radius 2 is 1.55 bits per heavy atom. The third-order valence-corrected chi connectivity index (χ3v) is 6.86. The number of nitrogens with zero attached hydrogens (tertiary/aromatic N) is 2. The lowest BCUT2D eigenvalue weighted by atomic mass is 10.0. The number of halogens is 2. The van der Waals surface area contributed by atoms with Crippen molar-refractivity contribution in [1.82, 2.24) is 9.88 Å². The second kappa shape index (κ2) is 11.3. The number of benzene rings is 2. The summed E-state index contributed by atoms with van der Waals surface area (Å²) >= 11 is 0. The molecule has 0 atom stereocenters. The molecule has 0 radical (unpaired) electrons. The molecule has 12 heteroatoms. The number of amides is 4. The van der Waals surface area contributed by atoms with Gasteiger partial charge in [0.15, 0.2) is 11.6 Å². The van der Waals surface area contributed by atoms with Crippen LogP contribution in [0.3, 0.4) is 0 Å². The average Bonchev–Trinajstić information content (AvgIpc) is 3.75. The van der Waals surface area contributed by atoms with Gasteiger partial charge in [0.05, 0.1) is 6.10 Å². The van der Waals surface area contributed by atoms with Crippen molar-refractivity contribution >= 4 is 35.0 Å². The van der Waals surface area contributed by atoms with E-state index < -0.39 is 35.0 Å². The van der Waals surface area contributed by atoms with E-state index >= 15 is 0 Å². The highest BCUT2D eigenvalue weighted by Crippen LogP contribution is 2.47. The van der Waals surface area contributed by atoms with Gasteiger partial charge in [0.25, 0.3) is 0 Å². The van der Waals surface area contributed by atoms with Gasteiger partial charge in [0.2, 0.25) is 11.8 Å². The van der Waals surface area contributed by atoms with Gasteiger partial charge in [0, 0.05) is 42.8 Å². The summed E-state index contributed by atoms with van der Waals surface area (Å²) in [6, 6.07) is 11.6. The van der Waals surface area contributed by atoms with Crippen molar-refractivity contribution in [3.63, 3.8) is 0 Å². The number of carbonyl (C=O) groups is 3. The van der Waals surface area contributed by atoms with E-state index in [1.54, 1.807) is 4.90 Å². The van der Waals surface area contributed by atoms with E-state index in [-0.39, 0.29) is 29.0 Å². The molecule has 3 aromatic rings. The summed E-state index contributed by atoms with van der Waals surface area (Å²) in [6.45, 7) is 0.856. The predicted molar refractivity (Wildman–Crippen MR) is 142 cm³/mol. The van der Waals surface area contributed by atoms with Crippen molar-refractivity contribution in [1.29, 1.82) is 0 Å². The summed E-state index contributed by atoms with van der Waals surface area (Å²) in [7, 11) is 0. The topological polar surface area (TPSA) is 133 Å². The average molecular weight is 552 g/mol. The molecule has 0 spiro atoms. The minimum absolute atomic E-state index is 0.123. The number of carbonyl (C=O) groups excluding carboxylic acids is 3. The minimum Gasteiger partial charge on any atom is -0.454 e. The Hall–Kier alpha value is -4.58. The number of anilines is 3. The molecule has 4 N–H and O–H groups in total. The number of pyridine rings is 1. The second-order valence-corrected chi connectivity index (χ2v) is 9.77. The normalized spacial score (nSPS) is 16.1. The van der Waals surface area contributed by atoms with Crippen LogP contribution in [-0.2, 0) is 9.59 Å². The molecule has 5 rings (SSSR count). The van der Waals surface area contributed by atoms with Gasteiger partial charge in [-0.1, -0.05) is 0 Å². The molecule has 1 aromatic heterocycles. The summed E-state index contributed by atoms with van der Waals surface area (Å²) < 4.78 is 33.6. The van der Waals surface area contributed by atoms with Crippen LogP contribution < -0.4 is 20.7 Å². The lowest BCUT2D eigenvalue weighted by Crippen LogP contribution is -2.42. The molecule has 2 fully saturated rings. The van der Waals surface area contributed by atoms with Gasteiger partial charge in [-0.3, -0.25) is 14.9 Å². The lowest BCUT2D eigenvalue weighted by Gasteiger charge is -2.29. The standard InChI is InChI=1S/C28H27F2N5O5/c29-17-1-3-18(4-2-17)32-25(37)28(10-11-28)26(38)33-19-5-6-23(22(30)15-19)40-21-7-12-31-24(16-21)34-27(39)35-13-8-20(36)9-14-35/h1-7,12,15-16,20,36H,8-11,13-14H2,(H,32,37)(H,33,38)(H,31,34,39). The highest BCUT2D eigenvalue weighted by Gasteiger charge is 2.56. The fraction of sp³-hybridized carbons (Fsp3) is 0.286. The number of nitrogens with one attached hydrogen (secondary N) is 3. The Bertz CT molecular complexity index is 1420. The maximum atomic E-state index is 14.9. The van der Waals surface area contributed by atoms with Crippen molar-refractivity contribution in [3.8, 4) is 11.5 Å². The predicted octanol–water partition coefficient (Wildman–Crippen LogP) is 4.50. The van der Waals surface area contributed by atoms with E-state index in [9.17, 15) is 28.3 Å². The first kappa shape index (κ1) is 27.0. The molecule has 2 heterocycles. The third-order valence-electron chi connectivity index (χ3n) is 6.86. The van der Waals surface area contributed by atoms with Gasteiger partial charge in [0.1, 0.15) is 22.8 Å². The minimum atomic E-state index is -1.29. The highest BCUT2D eigenvalue weighted by molar-refractivity contribution is 6.16. The van der Waals surface area contributed by atoms with Crippen LogP contribution in [0.4, 0.5) is 30.8 Å². The number of ether oxygens (including phenoxy) is 1. The van der Waals surface area contributed by atoms with E-state index in [4.69, 9.17) is 4.74 Å². The van der Waals surface area contributed by atoms with Crippen molar-refractivity contribution in [3.05, 3.63) is 72.4 Å². The van der Waals surface area contributed by atoms with Crippen molar-refractivity contribution in [2.75, 3.05) is 29.0 Å². The SMILES string of the molecule is O=C(Nc1cc(Oc2ccc(NC(=O)C3(C(=O)Nc4ccc(F)cc4)CC3)cc2F)ccn1)N1CCC(O)CC1. The van der Waals surface area contributed by atoms with E-state index in [1.807, 2.05) is 0 Å². The molecular formula is C28H27F2N5O5. The Morgan fingerprint density at radius 3 is 2.20 bits per heavy atom. The Morgan fingerprint density at radius 1 is 0.900 bits per heavy atom. The number of aliphatic hydroxyl groups excluding tert-OH is 1. The molecule has 10 nitrogen and oxygen atoms in total. The molecule has 0 unspecified atom stereocenters. The lowest BCUT2D eigenvalue weighted by molar-refractivity contribution is -0.131. The molecule has 1 saturated heterocycles. The first-order valence-electron chi connectivity index (χ1n) is 12.8. The molecule has 208 valence electrons. The fourth-order valence-electron chi connectivity index (χ4n) is 4.31. The van der Waals surface area contributed by atoms with Crippen molar-refractivity contribution in [2.24, 2.45) is 5.41 Å². The van der Waals surface area contributed by atoms with Gasteiger partial charge in [-0.05, 0) is 68.1 Å². The zero-order valence-electron chi connectivity index (χ0n) is 21.3. The number of piperidine rings is 1. The maximum absolute atomic E-state index is 14.9. The first-order valence-corrected chi connectivity index (χ1v) is 12.8. The van der Waals surface area contributed by atoms with Crippen molar-refractivity contribution < 1.29 is 33.0 Å². The van der Waals surface area contributed by atoms with Gasteiger partial charge >= 0.3 is 6.03 Å². The van der Waals surface area contributed by atoms with E-state index in [0.29, 0.717) is 44.5 Å². The van der Waals surface area contributed by atoms with Crippen LogP contribution in [0.2, 0.25) is 0 Å². The molecule has 2 aromatic carbocycles. The zero-order chi connectivity index (χ0) is 28.3. The number of urea groups is 1. The van der Waals surface area contributed by atoms with Crippen LogP contribution in [0.1, 0.15) is 25.7 Å². The largest absolute Gasteiger partial charge is 0.454 e. The Labute approximate surface area is 228 Å². The van der Waals surface area contributed by atoms with E-state index in [2.05, 4.69) is 20.9 Å². The molecule has 1 saturated carbocycles. The zero-order valence-corrected chi connectivity index (χ0v) is 21.3. The molecule has 2 aliphatic rings. The van der Waals surface area contributed by atoms with Crippen LogP contribution >= 0.6 is 0 Å². The van der Waals surface area contributed by atoms with E-state index in [1.165, 1.54) is 54.7 Å². The number of aromatic nitrogens is 1. The van der Waals surface area contributed by atoms with Gasteiger partial charge in [-0.25, -0.2) is 18.6 Å². The van der Waals surface area contributed by atoms with Gasteiger partial charge < -0.3 is 25.4 Å². The summed E-state index contributed by atoms with van der Waals surface area (Å²) in [6.07, 6.45) is 2.67. The summed E-state index contributed by atoms with van der Waals surface area (Å²) in [5.74, 6) is -1.98. The molecule has 4 amide bonds. The van der Waals surface area contributed by atoms with Gasteiger partial charge in [-0.15, -0.1) is 0 Å². The van der Waals surface area contributed by atoms with Gasteiger partial charge in [-0.2, -0.15) is 0 Å². The number of hydrogen-bond acceptors (Lipinski definition) is 6. The third kappa shape index (κ3) is 6.18. The van der Waals surface area contributed by atoms with Crippen LogP contribution in [0.5, 0.6) is 11.5 Å². The molecule has 1 aliphatic heterocycles. The summed E-state index contributed by atoms with van der Waals surface area (Å²) in [5.41, 5.74) is -0.778. The molecule has 1 aliphatic carbocycles. The second-order valence-electron chi connectivity index (χ2n) is 9.77. The summed E-state index contributed by atoms with van der Waals surface area (Å²) in [5, 5.41) is 17.5. The monoisotopic (exact) mass is 551 g/mol. The molecular weight excluding hydrogens is 524 g/mol. The number of hydrogen-bond donors (Lipinski definition) is 4. The summed E-state index contributed by atoms with van der Waals surface area (Å²) in [4.78, 5) is 43.7. The van der Waals surface area contributed by atoms with Crippen LogP contribution in [0.15, 0.2) is 60.8 Å². The number of likely N-dealkylation sites (tertiary alicyclic amines) is 1. The molecule has 40 heavy (non-hydrogen) atoms.